The van der Waals surface area contributed by atoms with Crippen molar-refractivity contribution in [3.63, 3.8) is 0 Å². The smallest absolute Gasteiger partial charge is 0.338 e. The van der Waals surface area contributed by atoms with E-state index in [-0.39, 0.29) is 5.97 Å². The maximum atomic E-state index is 13.3. The number of hydrogen-bond donors (Lipinski definition) is 1. The molecule has 8 heteroatoms. The van der Waals surface area contributed by atoms with Crippen molar-refractivity contribution in [1.29, 1.82) is 0 Å². The first-order chi connectivity index (χ1) is 16.6. The van der Waals surface area contributed by atoms with Crippen molar-refractivity contribution in [2.24, 2.45) is 0 Å². The summed E-state index contributed by atoms with van der Waals surface area (Å²) in [4.78, 5) is 17.9. The molecule has 0 radical (unpaired) electrons. The molecular weight excluding hydrogens is 448 g/mol. The molecule has 0 bridgehead atoms. The van der Waals surface area contributed by atoms with Gasteiger partial charge in [0.05, 0.1) is 12.2 Å². The zero-order valence-corrected chi connectivity index (χ0v) is 20.6. The fourth-order valence-corrected chi connectivity index (χ4v) is 4.39. The van der Waals surface area contributed by atoms with Crippen LogP contribution in [-0.4, -0.2) is 33.1 Å². The van der Waals surface area contributed by atoms with E-state index in [1.807, 2.05) is 61.5 Å². The van der Waals surface area contributed by atoms with Crippen LogP contribution in [0.5, 0.6) is 5.75 Å². The molecule has 1 aliphatic rings. The molecule has 2 heterocycles. The maximum absolute atomic E-state index is 13.3. The summed E-state index contributed by atoms with van der Waals surface area (Å²) in [7, 11) is 0. The molecule has 4 rings (SSSR count). The first kappa shape index (κ1) is 23.9. The number of allylic oxidation sites excluding steroid dienone is 1. The number of para-hydroxylation sites is 1. The van der Waals surface area contributed by atoms with Gasteiger partial charge in [-0.2, -0.15) is 4.98 Å². The summed E-state index contributed by atoms with van der Waals surface area (Å²) in [5.41, 5.74) is 3.12. The molecule has 1 atom stereocenters. The van der Waals surface area contributed by atoms with E-state index in [1.54, 1.807) is 16.4 Å². The summed E-state index contributed by atoms with van der Waals surface area (Å²) in [5, 5.41) is 8.64. The van der Waals surface area contributed by atoms with Crippen LogP contribution >= 0.6 is 11.8 Å². The Morgan fingerprint density at radius 3 is 2.65 bits per heavy atom. The van der Waals surface area contributed by atoms with Crippen LogP contribution in [0.2, 0.25) is 0 Å². The summed E-state index contributed by atoms with van der Waals surface area (Å²) in [6.45, 7) is 6.80. The number of aromatic nitrogens is 3. The zero-order valence-electron chi connectivity index (χ0n) is 19.8. The SMILES string of the molecule is CCCCOC(=O)C1=C(C)Nc2nc(SCC)nn2C1c1ccccc1OCc1ccccc1. The summed E-state index contributed by atoms with van der Waals surface area (Å²) >= 11 is 1.56. The molecular formula is C26H30N4O3S. The topological polar surface area (TPSA) is 78.3 Å². The molecule has 0 amide bonds. The van der Waals surface area contributed by atoms with Crippen LogP contribution in [-0.2, 0) is 16.1 Å². The fraction of sp³-hybridized carbons (Fsp3) is 0.346. The largest absolute Gasteiger partial charge is 0.489 e. The maximum Gasteiger partial charge on any atom is 0.338 e. The van der Waals surface area contributed by atoms with Crippen LogP contribution in [0.15, 0.2) is 71.0 Å². The van der Waals surface area contributed by atoms with E-state index in [9.17, 15) is 4.79 Å². The van der Waals surface area contributed by atoms with Gasteiger partial charge in [0.25, 0.3) is 0 Å². The van der Waals surface area contributed by atoms with E-state index in [0.29, 0.717) is 41.3 Å². The fourth-order valence-electron chi connectivity index (χ4n) is 3.83. The Kier molecular flexibility index (Phi) is 7.90. The van der Waals surface area contributed by atoms with E-state index in [4.69, 9.17) is 14.6 Å². The number of fused-ring (bicyclic) bond motifs is 1. The van der Waals surface area contributed by atoms with E-state index >= 15 is 0 Å². The number of nitrogens with zero attached hydrogens (tertiary/aromatic N) is 3. The highest BCUT2D eigenvalue weighted by Gasteiger charge is 2.36. The number of carbonyl (C=O) groups is 1. The van der Waals surface area contributed by atoms with Crippen LogP contribution in [0.3, 0.4) is 0 Å². The van der Waals surface area contributed by atoms with Crippen LogP contribution in [0, 0.1) is 0 Å². The van der Waals surface area contributed by atoms with Crippen molar-refractivity contribution in [2.75, 3.05) is 17.7 Å². The Labute approximate surface area is 204 Å². The molecule has 0 fully saturated rings. The second-order valence-electron chi connectivity index (χ2n) is 7.96. The Hall–Kier alpha value is -3.26. The lowest BCUT2D eigenvalue weighted by Crippen LogP contribution is -2.30. The van der Waals surface area contributed by atoms with Gasteiger partial charge in [0.2, 0.25) is 11.1 Å². The molecule has 0 aliphatic carbocycles. The number of rotatable bonds is 10. The predicted molar refractivity (Wildman–Crippen MR) is 134 cm³/mol. The van der Waals surface area contributed by atoms with Crippen molar-refractivity contribution in [1.82, 2.24) is 14.8 Å². The van der Waals surface area contributed by atoms with Gasteiger partial charge in [0, 0.05) is 11.3 Å². The minimum absolute atomic E-state index is 0.354. The molecule has 0 saturated heterocycles. The minimum Gasteiger partial charge on any atom is -0.489 e. The zero-order chi connectivity index (χ0) is 23.9. The third-order valence-corrected chi connectivity index (χ3v) is 6.23. The molecule has 178 valence electrons. The van der Waals surface area contributed by atoms with Crippen molar-refractivity contribution >= 4 is 23.7 Å². The van der Waals surface area contributed by atoms with Gasteiger partial charge in [-0.25, -0.2) is 9.48 Å². The van der Waals surface area contributed by atoms with Crippen molar-refractivity contribution in [2.45, 2.75) is 51.4 Å². The van der Waals surface area contributed by atoms with Gasteiger partial charge in [-0.3, -0.25) is 0 Å². The average molecular weight is 479 g/mol. The number of benzene rings is 2. The second-order valence-corrected chi connectivity index (χ2v) is 9.19. The minimum atomic E-state index is -0.518. The highest BCUT2D eigenvalue weighted by atomic mass is 32.2. The Balaban J connectivity index is 1.74. The van der Waals surface area contributed by atoms with E-state index in [0.717, 1.165) is 29.7 Å². The number of esters is 1. The molecule has 1 aliphatic heterocycles. The molecule has 7 nitrogen and oxygen atoms in total. The number of unbranched alkanes of at least 4 members (excludes halogenated alkanes) is 1. The molecule has 34 heavy (non-hydrogen) atoms. The quantitative estimate of drug-likeness (QED) is 0.231. The lowest BCUT2D eigenvalue weighted by molar-refractivity contribution is -0.139. The number of nitrogens with one attached hydrogen (secondary N) is 1. The van der Waals surface area contributed by atoms with Crippen LogP contribution < -0.4 is 10.1 Å². The first-order valence-corrected chi connectivity index (χ1v) is 12.6. The highest BCUT2D eigenvalue weighted by Crippen LogP contribution is 2.40. The van der Waals surface area contributed by atoms with Gasteiger partial charge in [-0.15, -0.1) is 5.10 Å². The Morgan fingerprint density at radius 2 is 1.88 bits per heavy atom. The van der Waals surface area contributed by atoms with Gasteiger partial charge in [0.1, 0.15) is 18.4 Å². The number of thioether (sulfide) groups is 1. The molecule has 0 spiro atoms. The predicted octanol–water partition coefficient (Wildman–Crippen LogP) is 5.60. The van der Waals surface area contributed by atoms with Crippen LogP contribution in [0.4, 0.5) is 5.95 Å². The number of hydrogen-bond acceptors (Lipinski definition) is 7. The van der Waals surface area contributed by atoms with E-state index in [2.05, 4.69) is 24.1 Å². The van der Waals surface area contributed by atoms with E-state index < -0.39 is 6.04 Å². The molecule has 1 aromatic heterocycles. The third kappa shape index (κ3) is 5.28. The van der Waals surface area contributed by atoms with Gasteiger partial charge < -0.3 is 14.8 Å². The van der Waals surface area contributed by atoms with E-state index in [1.165, 1.54) is 0 Å². The molecule has 1 N–H and O–H groups in total. The van der Waals surface area contributed by atoms with Crippen LogP contribution in [0.1, 0.15) is 50.8 Å². The lowest BCUT2D eigenvalue weighted by atomic mass is 9.95. The molecule has 2 aromatic carbocycles. The highest BCUT2D eigenvalue weighted by molar-refractivity contribution is 7.99. The van der Waals surface area contributed by atoms with Crippen molar-refractivity contribution in [3.8, 4) is 5.75 Å². The first-order valence-electron chi connectivity index (χ1n) is 11.6. The van der Waals surface area contributed by atoms with Gasteiger partial charge in [-0.1, -0.05) is 80.6 Å². The van der Waals surface area contributed by atoms with Crippen molar-refractivity contribution < 1.29 is 14.3 Å². The standard InChI is InChI=1S/C26H30N4O3S/c1-4-6-16-32-24(31)22-18(3)27-25-28-26(34-5-2)29-30(25)23(22)20-14-10-11-15-21(20)33-17-19-12-8-7-9-13-19/h7-15,23H,4-6,16-17H2,1-3H3,(H,27,28,29). The Bertz CT molecular complexity index is 1160. The lowest BCUT2D eigenvalue weighted by Gasteiger charge is -2.29. The summed E-state index contributed by atoms with van der Waals surface area (Å²) < 4.78 is 13.7. The van der Waals surface area contributed by atoms with Gasteiger partial charge in [-0.05, 0) is 30.7 Å². The number of ether oxygens (including phenoxy) is 2. The Morgan fingerprint density at radius 1 is 1.12 bits per heavy atom. The third-order valence-electron chi connectivity index (χ3n) is 5.51. The monoisotopic (exact) mass is 478 g/mol. The molecule has 1 unspecified atom stereocenters. The van der Waals surface area contributed by atoms with Crippen LogP contribution in [0.25, 0.3) is 0 Å². The second kappa shape index (κ2) is 11.2. The summed E-state index contributed by atoms with van der Waals surface area (Å²) in [6.07, 6.45) is 1.77. The number of carbonyl (C=O) groups excluding carboxylic acids is 1. The molecule has 3 aromatic rings. The average Bonchev–Trinajstić information content (AvgIpc) is 3.25. The van der Waals surface area contributed by atoms with Gasteiger partial charge in [0.15, 0.2) is 0 Å². The van der Waals surface area contributed by atoms with Crippen molar-refractivity contribution in [3.05, 3.63) is 77.0 Å². The number of anilines is 1. The normalized spacial score (nSPS) is 15.0. The summed E-state index contributed by atoms with van der Waals surface area (Å²) in [5.74, 6) is 1.79. The summed E-state index contributed by atoms with van der Waals surface area (Å²) in [6, 6.07) is 17.3. The molecule has 0 saturated carbocycles. The van der Waals surface area contributed by atoms with Gasteiger partial charge >= 0.3 is 5.97 Å².